The second kappa shape index (κ2) is 14.8. The van der Waals surface area contributed by atoms with Gasteiger partial charge in [-0.2, -0.15) is 12.6 Å². The summed E-state index contributed by atoms with van der Waals surface area (Å²) in [4.78, 5) is 0. The third-order valence-corrected chi connectivity index (χ3v) is 2.33. The summed E-state index contributed by atoms with van der Waals surface area (Å²) in [5.41, 5.74) is 0. The summed E-state index contributed by atoms with van der Waals surface area (Å²) in [5, 5.41) is 0. The molecule has 0 aliphatic carbocycles. The van der Waals surface area contributed by atoms with E-state index >= 15 is 0 Å². The Bertz CT molecular complexity index is 58.9. The minimum absolute atomic E-state index is 0. The van der Waals surface area contributed by atoms with Crippen LogP contribution in [0.1, 0.15) is 58.3 Å². The Hall–Kier alpha value is 1.27. The van der Waals surface area contributed by atoms with Crippen LogP contribution in [0.5, 0.6) is 0 Å². The Kier molecular flexibility index (Phi) is 19.4. The molecule has 4 radical (unpaired) electrons. The molecule has 0 saturated carbocycles. The molecular formula is C10H22PbS. The molecule has 0 atom stereocenters. The normalized spacial score (nSPS) is 9.50. The topological polar surface area (TPSA) is 0 Å². The van der Waals surface area contributed by atoms with Crippen molar-refractivity contribution >= 4 is 39.9 Å². The summed E-state index contributed by atoms with van der Waals surface area (Å²) in [6, 6.07) is 0. The minimum atomic E-state index is 0. The zero-order chi connectivity index (χ0) is 8.36. The molecule has 2 heteroatoms. The second-order valence-corrected chi connectivity index (χ2v) is 3.65. The molecule has 0 bridgehead atoms. The largest absolute Gasteiger partial charge is 0.179 e. The molecule has 0 nitrogen and oxygen atoms in total. The molecule has 0 amide bonds. The number of thiol groups is 1. The van der Waals surface area contributed by atoms with Gasteiger partial charge < -0.3 is 0 Å². The van der Waals surface area contributed by atoms with E-state index in [0.717, 1.165) is 5.75 Å². The van der Waals surface area contributed by atoms with Crippen LogP contribution in [0, 0.1) is 0 Å². The molecule has 0 rings (SSSR count). The first-order valence-electron chi connectivity index (χ1n) is 5.02. The van der Waals surface area contributed by atoms with Gasteiger partial charge in [0.25, 0.3) is 0 Å². The van der Waals surface area contributed by atoms with Crippen molar-refractivity contribution in [2.24, 2.45) is 0 Å². The van der Waals surface area contributed by atoms with Crippen molar-refractivity contribution in [3.63, 3.8) is 0 Å². The number of unbranched alkanes of at least 4 members (excludes halogenated alkanes) is 7. The molecule has 0 heterocycles. The molecule has 0 aliphatic heterocycles. The molecule has 0 N–H and O–H groups in total. The van der Waals surface area contributed by atoms with Gasteiger partial charge in [-0.25, -0.2) is 0 Å². The molecular weight excluding hydrogens is 359 g/mol. The van der Waals surface area contributed by atoms with Crippen LogP contribution in [-0.2, 0) is 0 Å². The van der Waals surface area contributed by atoms with Crippen molar-refractivity contribution in [2.45, 2.75) is 58.3 Å². The van der Waals surface area contributed by atoms with E-state index in [9.17, 15) is 0 Å². The Balaban J connectivity index is 0. The molecule has 72 valence electrons. The fraction of sp³-hybridized carbons (Fsp3) is 1.00. The van der Waals surface area contributed by atoms with Crippen molar-refractivity contribution in [3.8, 4) is 0 Å². The first-order chi connectivity index (χ1) is 5.41. The standard InChI is InChI=1S/C10H22S.Pb/c1-2-3-4-5-6-7-8-9-10-11;/h11H,2-10H2,1H3;. The Morgan fingerprint density at radius 3 is 1.58 bits per heavy atom. The molecule has 0 aromatic carbocycles. The van der Waals surface area contributed by atoms with E-state index < -0.39 is 0 Å². The fourth-order valence-electron chi connectivity index (χ4n) is 1.25. The first kappa shape index (κ1) is 15.7. The van der Waals surface area contributed by atoms with Crippen molar-refractivity contribution in [2.75, 3.05) is 5.75 Å². The second-order valence-electron chi connectivity index (χ2n) is 3.20. The van der Waals surface area contributed by atoms with Gasteiger partial charge in [0, 0.05) is 27.3 Å². The van der Waals surface area contributed by atoms with Crippen LogP contribution in [-0.4, -0.2) is 33.1 Å². The monoisotopic (exact) mass is 382 g/mol. The molecule has 0 fully saturated rings. The minimum Gasteiger partial charge on any atom is -0.179 e. The number of hydrogen-bond acceptors (Lipinski definition) is 1. The smallest absolute Gasteiger partial charge is 0 e. The molecule has 0 aromatic heterocycles. The summed E-state index contributed by atoms with van der Waals surface area (Å²) in [6.07, 6.45) is 11.2. The molecule has 0 saturated heterocycles. The van der Waals surface area contributed by atoms with Crippen LogP contribution in [0.15, 0.2) is 0 Å². The van der Waals surface area contributed by atoms with Crippen LogP contribution >= 0.6 is 12.6 Å². The van der Waals surface area contributed by atoms with Crippen LogP contribution in [0.3, 0.4) is 0 Å². The summed E-state index contributed by atoms with van der Waals surface area (Å²) >= 11 is 4.18. The van der Waals surface area contributed by atoms with Gasteiger partial charge in [0.15, 0.2) is 0 Å². The van der Waals surface area contributed by atoms with Gasteiger partial charge in [-0.05, 0) is 12.2 Å². The Morgan fingerprint density at radius 1 is 0.750 bits per heavy atom. The SMILES string of the molecule is CCCCCCCCCCS.[Pb]. The van der Waals surface area contributed by atoms with E-state index in [-0.39, 0.29) is 27.3 Å². The van der Waals surface area contributed by atoms with E-state index in [1.54, 1.807) is 0 Å². The maximum Gasteiger partial charge on any atom is 0 e. The van der Waals surface area contributed by atoms with E-state index in [0.29, 0.717) is 0 Å². The average molecular weight is 382 g/mol. The van der Waals surface area contributed by atoms with E-state index in [4.69, 9.17) is 0 Å². The predicted octanol–water partition coefficient (Wildman–Crippen LogP) is 3.68. The van der Waals surface area contributed by atoms with Crippen molar-refractivity contribution in [1.82, 2.24) is 0 Å². The predicted molar refractivity (Wildman–Crippen MR) is 62.2 cm³/mol. The number of rotatable bonds is 8. The molecule has 12 heavy (non-hydrogen) atoms. The first-order valence-corrected chi connectivity index (χ1v) is 5.66. The summed E-state index contributed by atoms with van der Waals surface area (Å²) < 4.78 is 0. The van der Waals surface area contributed by atoms with Crippen LogP contribution < -0.4 is 0 Å². The van der Waals surface area contributed by atoms with Crippen LogP contribution in [0.4, 0.5) is 0 Å². The van der Waals surface area contributed by atoms with Crippen molar-refractivity contribution in [1.29, 1.82) is 0 Å². The van der Waals surface area contributed by atoms with Gasteiger partial charge in [-0.1, -0.05) is 51.9 Å². The van der Waals surface area contributed by atoms with E-state index in [1.165, 1.54) is 51.4 Å². The fourth-order valence-corrected chi connectivity index (χ4v) is 1.47. The van der Waals surface area contributed by atoms with Gasteiger partial charge >= 0.3 is 0 Å². The zero-order valence-electron chi connectivity index (χ0n) is 8.31. The third kappa shape index (κ3) is 13.8. The van der Waals surface area contributed by atoms with E-state index in [2.05, 4.69) is 19.6 Å². The summed E-state index contributed by atoms with van der Waals surface area (Å²) in [6.45, 7) is 2.26. The Morgan fingerprint density at radius 2 is 1.17 bits per heavy atom. The average Bonchev–Trinajstić information content (AvgIpc) is 2.03. The molecule has 0 unspecified atom stereocenters. The van der Waals surface area contributed by atoms with Gasteiger partial charge in [0.1, 0.15) is 0 Å². The zero-order valence-corrected chi connectivity index (χ0v) is 13.1. The van der Waals surface area contributed by atoms with Gasteiger partial charge in [-0.15, -0.1) is 0 Å². The van der Waals surface area contributed by atoms with Gasteiger partial charge in [0.05, 0.1) is 0 Å². The molecule has 0 aliphatic rings. The van der Waals surface area contributed by atoms with Crippen molar-refractivity contribution < 1.29 is 0 Å². The number of hydrogen-bond donors (Lipinski definition) is 1. The summed E-state index contributed by atoms with van der Waals surface area (Å²) in [7, 11) is 0. The van der Waals surface area contributed by atoms with Crippen molar-refractivity contribution in [3.05, 3.63) is 0 Å². The molecule has 0 spiro atoms. The van der Waals surface area contributed by atoms with Crippen LogP contribution in [0.25, 0.3) is 0 Å². The maximum absolute atomic E-state index is 4.18. The third-order valence-electron chi connectivity index (χ3n) is 2.01. The molecule has 0 aromatic rings. The quantitative estimate of drug-likeness (QED) is 0.370. The van der Waals surface area contributed by atoms with Gasteiger partial charge in [-0.3, -0.25) is 0 Å². The summed E-state index contributed by atoms with van der Waals surface area (Å²) in [5.74, 6) is 1.06. The van der Waals surface area contributed by atoms with Gasteiger partial charge in [0.2, 0.25) is 0 Å². The Labute approximate surface area is 103 Å². The maximum atomic E-state index is 4.18. The van der Waals surface area contributed by atoms with Crippen LogP contribution in [0.2, 0.25) is 0 Å². The van der Waals surface area contributed by atoms with E-state index in [1.807, 2.05) is 0 Å².